The van der Waals surface area contributed by atoms with E-state index in [1.807, 2.05) is 62.4 Å². The molecular weight excluding hydrogens is 354 g/mol. The maximum absolute atomic E-state index is 12.3. The first-order chi connectivity index (χ1) is 13.4. The number of nitrogens with two attached hydrogens (primary N) is 3. The summed E-state index contributed by atoms with van der Waals surface area (Å²) in [5.74, 6) is 5.48. The molecular formula is C21H27N5O2. The Kier molecular flexibility index (Phi) is 6.79. The first-order valence-corrected chi connectivity index (χ1v) is 9.16. The summed E-state index contributed by atoms with van der Waals surface area (Å²) in [6, 6.07) is 14.9. The SMILES string of the molecule is CC.CC(=O)N1Cc2ccccc2/C(N(N)CC(N)=O)=C(/N)c2ccccc21. The monoisotopic (exact) mass is 381 g/mol. The van der Waals surface area contributed by atoms with Crippen molar-refractivity contribution < 1.29 is 9.59 Å². The molecule has 0 saturated heterocycles. The molecule has 1 aliphatic heterocycles. The van der Waals surface area contributed by atoms with Gasteiger partial charge >= 0.3 is 0 Å². The Labute approximate surface area is 165 Å². The molecule has 0 fully saturated rings. The van der Waals surface area contributed by atoms with Crippen molar-refractivity contribution in [2.45, 2.75) is 27.3 Å². The van der Waals surface area contributed by atoms with Crippen LogP contribution >= 0.6 is 0 Å². The molecule has 2 amide bonds. The Hall–Kier alpha value is -3.32. The third kappa shape index (κ3) is 4.15. The number of carbonyl (C=O) groups excluding carboxylic acids is 2. The molecule has 7 heteroatoms. The van der Waals surface area contributed by atoms with E-state index in [9.17, 15) is 9.59 Å². The number of carbonyl (C=O) groups is 2. The summed E-state index contributed by atoms with van der Waals surface area (Å²) < 4.78 is 0. The molecule has 148 valence electrons. The van der Waals surface area contributed by atoms with Gasteiger partial charge in [-0.2, -0.15) is 0 Å². The number of anilines is 1. The summed E-state index contributed by atoms with van der Waals surface area (Å²) in [6.07, 6.45) is 0. The molecule has 0 atom stereocenters. The molecule has 2 aromatic carbocycles. The molecule has 7 nitrogen and oxygen atoms in total. The van der Waals surface area contributed by atoms with Crippen molar-refractivity contribution in [1.82, 2.24) is 5.01 Å². The first-order valence-electron chi connectivity index (χ1n) is 9.16. The molecule has 0 unspecified atom stereocenters. The summed E-state index contributed by atoms with van der Waals surface area (Å²) in [7, 11) is 0. The second-order valence-corrected chi connectivity index (χ2v) is 6.14. The summed E-state index contributed by atoms with van der Waals surface area (Å²) in [4.78, 5) is 25.3. The lowest BCUT2D eigenvalue weighted by molar-refractivity contribution is -0.118. The van der Waals surface area contributed by atoms with Gasteiger partial charge in [-0.3, -0.25) is 14.6 Å². The minimum Gasteiger partial charge on any atom is -0.396 e. The highest BCUT2D eigenvalue weighted by atomic mass is 16.2. The number of hydrazine groups is 1. The van der Waals surface area contributed by atoms with E-state index in [0.717, 1.165) is 11.1 Å². The largest absolute Gasteiger partial charge is 0.396 e. The number of fused-ring (bicyclic) bond motifs is 2. The van der Waals surface area contributed by atoms with Gasteiger partial charge in [-0.15, -0.1) is 0 Å². The van der Waals surface area contributed by atoms with Gasteiger partial charge in [0.1, 0.15) is 6.54 Å². The number of para-hydroxylation sites is 1. The van der Waals surface area contributed by atoms with Gasteiger partial charge in [0.25, 0.3) is 0 Å². The summed E-state index contributed by atoms with van der Waals surface area (Å²) in [5, 5.41) is 1.26. The van der Waals surface area contributed by atoms with Gasteiger partial charge in [0.2, 0.25) is 11.8 Å². The van der Waals surface area contributed by atoms with E-state index in [2.05, 4.69) is 0 Å². The third-order valence-corrected chi connectivity index (χ3v) is 4.33. The van der Waals surface area contributed by atoms with Crippen molar-refractivity contribution in [1.29, 1.82) is 0 Å². The Morgan fingerprint density at radius 3 is 2.21 bits per heavy atom. The summed E-state index contributed by atoms with van der Waals surface area (Å²) >= 11 is 0. The van der Waals surface area contributed by atoms with Crippen LogP contribution in [0.3, 0.4) is 0 Å². The van der Waals surface area contributed by atoms with E-state index in [4.69, 9.17) is 17.3 Å². The third-order valence-electron chi connectivity index (χ3n) is 4.33. The summed E-state index contributed by atoms with van der Waals surface area (Å²) in [5.41, 5.74) is 15.7. The lowest BCUT2D eigenvalue weighted by Crippen LogP contribution is -2.40. The highest BCUT2D eigenvalue weighted by molar-refractivity contribution is 6.00. The molecule has 2 aromatic rings. The molecule has 0 saturated carbocycles. The van der Waals surface area contributed by atoms with Crippen molar-refractivity contribution in [3.8, 4) is 0 Å². The smallest absolute Gasteiger partial charge is 0.238 e. The fraction of sp³-hybridized carbons (Fsp3) is 0.238. The number of rotatable bonds is 3. The highest BCUT2D eigenvalue weighted by Crippen LogP contribution is 2.36. The normalized spacial score (nSPS) is 15.2. The summed E-state index contributed by atoms with van der Waals surface area (Å²) in [6.45, 7) is 5.71. The van der Waals surface area contributed by atoms with Gasteiger partial charge in [-0.05, 0) is 11.6 Å². The molecule has 3 rings (SSSR count). The van der Waals surface area contributed by atoms with Crippen molar-refractivity contribution in [3.63, 3.8) is 0 Å². The first kappa shape index (κ1) is 21.0. The average molecular weight is 381 g/mol. The Morgan fingerprint density at radius 2 is 1.61 bits per heavy atom. The number of hydrogen-bond acceptors (Lipinski definition) is 5. The number of primary amides is 1. The van der Waals surface area contributed by atoms with E-state index in [1.54, 1.807) is 4.90 Å². The maximum Gasteiger partial charge on any atom is 0.238 e. The molecule has 28 heavy (non-hydrogen) atoms. The van der Waals surface area contributed by atoms with Crippen LogP contribution < -0.4 is 22.2 Å². The lowest BCUT2D eigenvalue weighted by Gasteiger charge is -2.32. The van der Waals surface area contributed by atoms with Crippen LogP contribution in [0.2, 0.25) is 0 Å². The molecule has 1 heterocycles. The Morgan fingerprint density at radius 1 is 1.04 bits per heavy atom. The second kappa shape index (κ2) is 9.05. The number of nitrogens with zero attached hydrogens (tertiary/aromatic N) is 2. The van der Waals surface area contributed by atoms with E-state index in [0.29, 0.717) is 29.2 Å². The number of benzene rings is 2. The fourth-order valence-electron chi connectivity index (χ4n) is 3.19. The van der Waals surface area contributed by atoms with Crippen molar-refractivity contribution in [2.24, 2.45) is 17.3 Å². The van der Waals surface area contributed by atoms with Gasteiger partial charge < -0.3 is 16.4 Å². The van der Waals surface area contributed by atoms with Crippen LogP contribution in [-0.4, -0.2) is 23.4 Å². The van der Waals surface area contributed by atoms with E-state index < -0.39 is 5.91 Å². The number of hydrogen-bond donors (Lipinski definition) is 3. The molecule has 1 aliphatic rings. The van der Waals surface area contributed by atoms with Crippen LogP contribution in [0, 0.1) is 0 Å². The minimum atomic E-state index is -0.564. The molecule has 6 N–H and O–H groups in total. The standard InChI is InChI=1S/C19H21N5O2.C2H6/c1-12(25)23-10-13-6-2-3-7-14(13)19(24(22)11-17(20)26)18(21)15-8-4-5-9-16(15)23;1-2/h2-9H,10-11,21-22H2,1H3,(H2,20,26);1-2H3/b19-18-;. The predicted octanol–water partition coefficient (Wildman–Crippen LogP) is 2.02. The van der Waals surface area contributed by atoms with E-state index in [-0.39, 0.29) is 12.5 Å². The maximum atomic E-state index is 12.3. The molecule has 0 aliphatic carbocycles. The van der Waals surface area contributed by atoms with Crippen molar-refractivity contribution in [2.75, 3.05) is 11.4 Å². The second-order valence-electron chi connectivity index (χ2n) is 6.14. The Bertz CT molecular complexity index is 907. The highest BCUT2D eigenvalue weighted by Gasteiger charge is 2.26. The van der Waals surface area contributed by atoms with E-state index >= 15 is 0 Å². The van der Waals surface area contributed by atoms with Gasteiger partial charge in [-0.1, -0.05) is 56.3 Å². The van der Waals surface area contributed by atoms with Crippen LogP contribution in [0.4, 0.5) is 5.69 Å². The zero-order valence-electron chi connectivity index (χ0n) is 16.5. The van der Waals surface area contributed by atoms with Crippen molar-refractivity contribution in [3.05, 3.63) is 65.2 Å². The lowest BCUT2D eigenvalue weighted by atomic mass is 9.95. The van der Waals surface area contributed by atoms with Crippen LogP contribution in [-0.2, 0) is 16.1 Å². The quantitative estimate of drug-likeness (QED) is 0.555. The molecule has 0 spiro atoms. The van der Waals surface area contributed by atoms with Crippen LogP contribution in [0.15, 0.2) is 48.5 Å². The van der Waals surface area contributed by atoms with Crippen LogP contribution in [0.5, 0.6) is 0 Å². The van der Waals surface area contributed by atoms with E-state index in [1.165, 1.54) is 11.9 Å². The zero-order valence-corrected chi connectivity index (χ0v) is 16.5. The van der Waals surface area contributed by atoms with Crippen LogP contribution in [0.1, 0.15) is 37.5 Å². The van der Waals surface area contributed by atoms with Crippen molar-refractivity contribution >= 4 is 28.9 Å². The van der Waals surface area contributed by atoms with Gasteiger partial charge in [0, 0.05) is 18.1 Å². The molecule has 0 radical (unpaired) electrons. The minimum absolute atomic E-state index is 0.0924. The zero-order chi connectivity index (χ0) is 20.8. The average Bonchev–Trinajstić information content (AvgIpc) is 2.67. The molecule has 0 aromatic heterocycles. The van der Waals surface area contributed by atoms with Gasteiger partial charge in [0.05, 0.1) is 23.6 Å². The van der Waals surface area contributed by atoms with Gasteiger partial charge in [0.15, 0.2) is 0 Å². The van der Waals surface area contributed by atoms with Crippen LogP contribution in [0.25, 0.3) is 11.4 Å². The topological polar surface area (TPSA) is 119 Å². The Balaban J connectivity index is 0.00000136. The molecule has 0 bridgehead atoms. The van der Waals surface area contributed by atoms with Gasteiger partial charge in [-0.25, -0.2) is 5.84 Å². The fourth-order valence-corrected chi connectivity index (χ4v) is 3.19. The number of amides is 2. The predicted molar refractivity (Wildman–Crippen MR) is 112 cm³/mol.